The predicted molar refractivity (Wildman–Crippen MR) is 55.2 cm³/mol. The van der Waals surface area contributed by atoms with Gasteiger partial charge in [-0.2, -0.15) is 0 Å². The number of hydrogen-bond donors (Lipinski definition) is 0. The molecule has 0 amide bonds. The molecule has 0 aromatic heterocycles. The first-order valence-electron chi connectivity index (χ1n) is 4.29. The molecule has 0 aliphatic rings. The first kappa shape index (κ1) is 13.3. The number of esters is 2. The smallest absolute Gasteiger partial charge is 0.322 e. The maximum absolute atomic E-state index is 11.4. The normalized spacial score (nSPS) is 14.3. The van der Waals surface area contributed by atoms with Crippen molar-refractivity contribution in [3.8, 4) is 0 Å². The minimum atomic E-state index is -0.846. The van der Waals surface area contributed by atoms with Gasteiger partial charge in [0.2, 0.25) is 0 Å². The summed E-state index contributed by atoms with van der Waals surface area (Å²) in [6, 6.07) is 0. The van der Waals surface area contributed by atoms with Crippen molar-refractivity contribution in [3.05, 3.63) is 0 Å². The second-order valence-corrected chi connectivity index (χ2v) is 4.22. The molecule has 0 N–H and O–H groups in total. The zero-order valence-corrected chi connectivity index (χ0v) is 9.77. The third-order valence-electron chi connectivity index (χ3n) is 1.85. The Morgan fingerprint density at radius 2 is 2.00 bits per heavy atom. The molecule has 0 rings (SSSR count). The van der Waals surface area contributed by atoms with Crippen LogP contribution in [0.15, 0.2) is 0 Å². The van der Waals surface area contributed by atoms with Gasteiger partial charge >= 0.3 is 11.9 Å². The van der Waals surface area contributed by atoms with Gasteiger partial charge in [0.05, 0.1) is 20.1 Å². The molecular formula is C9H16O4S. The SMILES string of the molecule is CCOC(=O)CC(C)(SC)C(=O)OC. The minimum Gasteiger partial charge on any atom is -0.468 e. The summed E-state index contributed by atoms with van der Waals surface area (Å²) < 4.78 is 8.55. The second-order valence-electron chi connectivity index (χ2n) is 2.91. The van der Waals surface area contributed by atoms with E-state index in [2.05, 4.69) is 4.74 Å². The van der Waals surface area contributed by atoms with E-state index in [9.17, 15) is 9.59 Å². The Hall–Kier alpha value is -0.710. The van der Waals surface area contributed by atoms with Crippen molar-refractivity contribution in [1.82, 2.24) is 0 Å². The zero-order chi connectivity index (χ0) is 11.2. The van der Waals surface area contributed by atoms with E-state index in [0.29, 0.717) is 6.61 Å². The third-order valence-corrected chi connectivity index (χ3v) is 3.07. The van der Waals surface area contributed by atoms with Gasteiger partial charge in [-0.1, -0.05) is 0 Å². The van der Waals surface area contributed by atoms with Gasteiger partial charge in [-0.25, -0.2) is 0 Å². The lowest BCUT2D eigenvalue weighted by Crippen LogP contribution is -2.35. The van der Waals surface area contributed by atoms with Crippen LogP contribution in [0.4, 0.5) is 0 Å². The monoisotopic (exact) mass is 220 g/mol. The summed E-state index contributed by atoms with van der Waals surface area (Å²) in [6.45, 7) is 3.72. The summed E-state index contributed by atoms with van der Waals surface area (Å²) in [7, 11) is 1.31. The highest BCUT2D eigenvalue weighted by atomic mass is 32.2. The van der Waals surface area contributed by atoms with E-state index >= 15 is 0 Å². The van der Waals surface area contributed by atoms with Gasteiger partial charge in [0, 0.05) is 0 Å². The number of hydrogen-bond acceptors (Lipinski definition) is 5. The van der Waals surface area contributed by atoms with Gasteiger partial charge < -0.3 is 9.47 Å². The van der Waals surface area contributed by atoms with Crippen molar-refractivity contribution >= 4 is 23.7 Å². The van der Waals surface area contributed by atoms with E-state index in [4.69, 9.17) is 4.74 Å². The van der Waals surface area contributed by atoms with Crippen molar-refractivity contribution in [1.29, 1.82) is 0 Å². The topological polar surface area (TPSA) is 52.6 Å². The fraction of sp³-hybridized carbons (Fsp3) is 0.778. The van der Waals surface area contributed by atoms with E-state index in [0.717, 1.165) is 0 Å². The molecule has 0 aliphatic heterocycles. The Balaban J connectivity index is 4.39. The first-order chi connectivity index (χ1) is 6.50. The predicted octanol–water partition coefficient (Wildman–Crippen LogP) is 1.23. The molecule has 1 atom stereocenters. The third kappa shape index (κ3) is 3.57. The van der Waals surface area contributed by atoms with Gasteiger partial charge in [-0.15, -0.1) is 11.8 Å². The van der Waals surface area contributed by atoms with Gasteiger partial charge in [-0.3, -0.25) is 9.59 Å². The Kier molecular flexibility index (Phi) is 5.60. The molecule has 0 heterocycles. The molecule has 0 fully saturated rings. The maximum atomic E-state index is 11.4. The number of rotatable bonds is 5. The van der Waals surface area contributed by atoms with E-state index in [-0.39, 0.29) is 12.4 Å². The summed E-state index contributed by atoms with van der Waals surface area (Å²) in [4.78, 5) is 22.5. The van der Waals surface area contributed by atoms with Crippen LogP contribution in [0.3, 0.4) is 0 Å². The fourth-order valence-electron chi connectivity index (χ4n) is 0.931. The molecule has 0 aromatic rings. The quantitative estimate of drug-likeness (QED) is 0.652. The fourth-order valence-corrected chi connectivity index (χ4v) is 1.44. The Bertz CT molecular complexity index is 217. The molecule has 0 aliphatic carbocycles. The summed E-state index contributed by atoms with van der Waals surface area (Å²) in [5.41, 5.74) is 0. The minimum absolute atomic E-state index is 0.0364. The number of ether oxygens (including phenoxy) is 2. The molecule has 0 aromatic carbocycles. The number of carbonyl (C=O) groups is 2. The van der Waals surface area contributed by atoms with Crippen LogP contribution < -0.4 is 0 Å². The molecule has 0 radical (unpaired) electrons. The molecule has 4 nitrogen and oxygen atoms in total. The number of thioether (sulfide) groups is 1. The van der Waals surface area contributed by atoms with Gasteiger partial charge in [0.1, 0.15) is 4.75 Å². The second kappa shape index (κ2) is 5.90. The molecule has 0 saturated heterocycles. The van der Waals surface area contributed by atoms with E-state index < -0.39 is 10.7 Å². The van der Waals surface area contributed by atoms with Crippen LogP contribution in [0.1, 0.15) is 20.3 Å². The van der Waals surface area contributed by atoms with Crippen molar-refractivity contribution in [2.75, 3.05) is 20.0 Å². The molecule has 82 valence electrons. The van der Waals surface area contributed by atoms with E-state index in [1.807, 2.05) is 0 Å². The van der Waals surface area contributed by atoms with Crippen LogP contribution >= 0.6 is 11.8 Å². The molecule has 14 heavy (non-hydrogen) atoms. The summed E-state index contributed by atoms with van der Waals surface area (Å²) in [6.07, 6.45) is 1.80. The molecule has 1 unspecified atom stereocenters. The van der Waals surface area contributed by atoms with Gasteiger partial charge in [0.15, 0.2) is 0 Å². The lowest BCUT2D eigenvalue weighted by atomic mass is 10.1. The van der Waals surface area contributed by atoms with Crippen LogP contribution in [0.2, 0.25) is 0 Å². The summed E-state index contributed by atoms with van der Waals surface area (Å²) in [5, 5.41) is 0. The van der Waals surface area contributed by atoms with Gasteiger partial charge in [0.25, 0.3) is 0 Å². The van der Waals surface area contributed by atoms with Crippen LogP contribution in [0, 0.1) is 0 Å². The highest BCUT2D eigenvalue weighted by molar-refractivity contribution is 8.00. The van der Waals surface area contributed by atoms with E-state index in [1.54, 1.807) is 20.1 Å². The van der Waals surface area contributed by atoms with Crippen molar-refractivity contribution in [2.45, 2.75) is 25.0 Å². The van der Waals surface area contributed by atoms with Crippen molar-refractivity contribution < 1.29 is 19.1 Å². The number of carbonyl (C=O) groups excluding carboxylic acids is 2. The van der Waals surface area contributed by atoms with Crippen molar-refractivity contribution in [3.63, 3.8) is 0 Å². The molecule has 5 heteroatoms. The maximum Gasteiger partial charge on any atom is 0.322 e. The molecule has 0 spiro atoms. The Labute approximate surface area is 88.3 Å². The average molecular weight is 220 g/mol. The standard InChI is InChI=1S/C9H16O4S/c1-5-13-7(10)6-9(2,14-4)8(11)12-3/h5-6H2,1-4H3. The van der Waals surface area contributed by atoms with Crippen molar-refractivity contribution in [2.24, 2.45) is 0 Å². The highest BCUT2D eigenvalue weighted by Crippen LogP contribution is 2.28. The van der Waals surface area contributed by atoms with Crippen LogP contribution in [0.5, 0.6) is 0 Å². The Morgan fingerprint density at radius 3 is 2.36 bits per heavy atom. The molecular weight excluding hydrogens is 204 g/mol. The summed E-state index contributed by atoms with van der Waals surface area (Å²) in [5.74, 6) is -0.784. The van der Waals surface area contributed by atoms with Crippen LogP contribution in [-0.4, -0.2) is 36.7 Å². The average Bonchev–Trinajstić information content (AvgIpc) is 2.16. The lowest BCUT2D eigenvalue weighted by molar-refractivity contribution is -0.150. The van der Waals surface area contributed by atoms with Crippen LogP contribution in [-0.2, 0) is 19.1 Å². The number of methoxy groups -OCH3 is 1. The lowest BCUT2D eigenvalue weighted by Gasteiger charge is -2.22. The molecule has 0 saturated carbocycles. The molecule has 0 bridgehead atoms. The Morgan fingerprint density at radius 1 is 1.43 bits per heavy atom. The van der Waals surface area contributed by atoms with Gasteiger partial charge in [-0.05, 0) is 20.1 Å². The largest absolute Gasteiger partial charge is 0.468 e. The first-order valence-corrected chi connectivity index (χ1v) is 5.51. The zero-order valence-electron chi connectivity index (χ0n) is 8.96. The van der Waals surface area contributed by atoms with Crippen LogP contribution in [0.25, 0.3) is 0 Å². The summed E-state index contributed by atoms with van der Waals surface area (Å²) >= 11 is 1.28. The highest BCUT2D eigenvalue weighted by Gasteiger charge is 2.36. The van der Waals surface area contributed by atoms with E-state index in [1.165, 1.54) is 18.9 Å².